The van der Waals surface area contributed by atoms with Gasteiger partial charge in [0.15, 0.2) is 5.78 Å². The second kappa shape index (κ2) is 12.5. The van der Waals surface area contributed by atoms with E-state index in [0.717, 1.165) is 5.69 Å². The number of ketones is 1. The first-order valence-electron chi connectivity index (χ1n) is 13.7. The number of imidazole rings is 1. The van der Waals surface area contributed by atoms with Crippen LogP contribution < -0.4 is 15.4 Å². The van der Waals surface area contributed by atoms with Crippen LogP contribution >= 0.6 is 0 Å². The lowest BCUT2D eigenvalue weighted by Gasteiger charge is -2.26. The van der Waals surface area contributed by atoms with Gasteiger partial charge in [-0.3, -0.25) is 14.9 Å². The van der Waals surface area contributed by atoms with Crippen LogP contribution in [0, 0.1) is 5.82 Å². The van der Waals surface area contributed by atoms with Crippen molar-refractivity contribution >= 4 is 29.2 Å². The van der Waals surface area contributed by atoms with Gasteiger partial charge in [-0.15, -0.1) is 0 Å². The number of benzene rings is 3. The largest absolute Gasteiger partial charge is 0.487 e. The minimum atomic E-state index is -0.774. The van der Waals surface area contributed by atoms with Crippen molar-refractivity contribution in [2.24, 2.45) is 0 Å². The Kier molecular flexibility index (Phi) is 8.99. The first kappa shape index (κ1) is 31.0. The fourth-order valence-electron chi connectivity index (χ4n) is 4.16. The van der Waals surface area contributed by atoms with E-state index in [1.165, 1.54) is 12.1 Å². The Balaban J connectivity index is 1.68. The van der Waals surface area contributed by atoms with E-state index in [2.05, 4.69) is 15.6 Å². The molecule has 2 amide bonds. The number of Topliss-reactive ketones (excluding diaryl/α,β-unsaturated/α-hetero) is 1. The van der Waals surface area contributed by atoms with Gasteiger partial charge < -0.3 is 19.4 Å². The number of anilines is 2. The highest BCUT2D eigenvalue weighted by atomic mass is 19.1. The van der Waals surface area contributed by atoms with E-state index < -0.39 is 41.2 Å². The number of amides is 2. The standard InChI is InChI=1S/C33H35FN4O5/c1-32(2,3)42-29-18-27(37-31(41)43-33(4,5)6)26(17-25(29)21-10-12-23(34)13-11-21)36-30(40)19-28(39)22-8-7-9-24(16-22)38-15-14-35-20-38/h7-18,20H,19H2,1-6H3,(H,36,40)(H,37,41). The zero-order valence-corrected chi connectivity index (χ0v) is 25.0. The summed E-state index contributed by atoms with van der Waals surface area (Å²) in [5.41, 5.74) is 1.25. The van der Waals surface area contributed by atoms with Gasteiger partial charge in [-0.2, -0.15) is 0 Å². The Hall–Kier alpha value is -4.99. The lowest BCUT2D eigenvalue weighted by atomic mass is 10.0. The van der Waals surface area contributed by atoms with Gasteiger partial charge in [-0.1, -0.05) is 24.3 Å². The molecule has 0 aliphatic heterocycles. The van der Waals surface area contributed by atoms with E-state index in [-0.39, 0.29) is 11.4 Å². The maximum Gasteiger partial charge on any atom is 0.412 e. The van der Waals surface area contributed by atoms with Gasteiger partial charge in [-0.25, -0.2) is 14.2 Å². The third-order valence-electron chi connectivity index (χ3n) is 5.89. The van der Waals surface area contributed by atoms with Crippen LogP contribution in [0.2, 0.25) is 0 Å². The summed E-state index contributed by atoms with van der Waals surface area (Å²) in [5.74, 6) is -1.02. The summed E-state index contributed by atoms with van der Waals surface area (Å²) in [6, 6.07) is 15.9. The quantitative estimate of drug-likeness (QED) is 0.164. The maximum absolute atomic E-state index is 13.7. The normalized spacial score (nSPS) is 11.5. The average molecular weight is 587 g/mol. The van der Waals surface area contributed by atoms with Crippen LogP contribution in [-0.2, 0) is 9.53 Å². The fraction of sp³-hybridized carbons (Fsp3) is 0.273. The zero-order valence-electron chi connectivity index (χ0n) is 25.0. The highest BCUT2D eigenvalue weighted by Crippen LogP contribution is 2.40. The van der Waals surface area contributed by atoms with E-state index in [1.54, 1.807) is 86.5 Å². The molecule has 224 valence electrons. The number of aromatic nitrogens is 2. The van der Waals surface area contributed by atoms with Gasteiger partial charge in [-0.05, 0) is 77.4 Å². The molecule has 4 aromatic rings. The minimum Gasteiger partial charge on any atom is -0.487 e. The molecule has 9 nitrogen and oxygen atoms in total. The number of ether oxygens (including phenoxy) is 2. The third-order valence-corrected chi connectivity index (χ3v) is 5.89. The van der Waals surface area contributed by atoms with E-state index >= 15 is 0 Å². The molecule has 0 saturated carbocycles. The van der Waals surface area contributed by atoms with Crippen LogP contribution in [0.4, 0.5) is 20.6 Å². The van der Waals surface area contributed by atoms with Crippen LogP contribution in [0.3, 0.4) is 0 Å². The zero-order chi connectivity index (χ0) is 31.4. The predicted octanol–water partition coefficient (Wildman–Crippen LogP) is 7.41. The molecular weight excluding hydrogens is 551 g/mol. The summed E-state index contributed by atoms with van der Waals surface area (Å²) in [7, 11) is 0. The molecular formula is C33H35FN4O5. The first-order valence-corrected chi connectivity index (χ1v) is 13.7. The molecule has 0 bridgehead atoms. The molecule has 0 atom stereocenters. The Morgan fingerprint density at radius 1 is 0.884 bits per heavy atom. The molecule has 0 unspecified atom stereocenters. The summed E-state index contributed by atoms with van der Waals surface area (Å²) >= 11 is 0. The van der Waals surface area contributed by atoms with Crippen molar-refractivity contribution in [2.75, 3.05) is 10.6 Å². The Morgan fingerprint density at radius 2 is 1.58 bits per heavy atom. The summed E-state index contributed by atoms with van der Waals surface area (Å²) in [4.78, 5) is 43.1. The maximum atomic E-state index is 13.7. The van der Waals surface area contributed by atoms with E-state index in [0.29, 0.717) is 22.4 Å². The van der Waals surface area contributed by atoms with Gasteiger partial charge in [0.2, 0.25) is 5.91 Å². The average Bonchev–Trinajstić information content (AvgIpc) is 3.44. The molecule has 0 spiro atoms. The molecule has 0 radical (unpaired) electrons. The molecule has 0 aliphatic rings. The topological polar surface area (TPSA) is 112 Å². The van der Waals surface area contributed by atoms with Gasteiger partial charge in [0.25, 0.3) is 0 Å². The molecule has 1 aromatic heterocycles. The lowest BCUT2D eigenvalue weighted by molar-refractivity contribution is -0.115. The Labute approximate surface area is 250 Å². The van der Waals surface area contributed by atoms with Crippen molar-refractivity contribution in [1.82, 2.24) is 9.55 Å². The highest BCUT2D eigenvalue weighted by Gasteiger charge is 2.23. The number of hydrogen-bond donors (Lipinski definition) is 2. The molecule has 43 heavy (non-hydrogen) atoms. The third kappa shape index (κ3) is 8.75. The van der Waals surface area contributed by atoms with Gasteiger partial charge in [0, 0.05) is 35.3 Å². The monoisotopic (exact) mass is 586 g/mol. The first-order chi connectivity index (χ1) is 20.2. The second-order valence-corrected chi connectivity index (χ2v) is 11.9. The van der Waals surface area contributed by atoms with Crippen molar-refractivity contribution in [3.63, 3.8) is 0 Å². The number of halogens is 1. The van der Waals surface area contributed by atoms with Crippen molar-refractivity contribution < 1.29 is 28.2 Å². The van der Waals surface area contributed by atoms with Crippen LogP contribution in [-0.4, -0.2) is 38.5 Å². The number of nitrogens with zero attached hydrogens (tertiary/aromatic N) is 2. The number of hydrogen-bond acceptors (Lipinski definition) is 6. The number of carbonyl (C=O) groups is 3. The van der Waals surface area contributed by atoms with Gasteiger partial charge in [0.1, 0.15) is 22.8 Å². The minimum absolute atomic E-state index is 0.197. The molecule has 3 aromatic carbocycles. The van der Waals surface area contributed by atoms with Crippen LogP contribution in [0.25, 0.3) is 16.8 Å². The molecule has 2 N–H and O–H groups in total. The second-order valence-electron chi connectivity index (χ2n) is 11.9. The highest BCUT2D eigenvalue weighted by molar-refractivity contribution is 6.12. The van der Waals surface area contributed by atoms with Crippen molar-refractivity contribution in [2.45, 2.75) is 59.2 Å². The summed E-state index contributed by atoms with van der Waals surface area (Å²) in [6.45, 7) is 10.8. The number of nitrogens with one attached hydrogen (secondary N) is 2. The van der Waals surface area contributed by atoms with Crippen LogP contribution in [0.5, 0.6) is 5.75 Å². The molecule has 1 heterocycles. The Morgan fingerprint density at radius 3 is 2.21 bits per heavy atom. The summed E-state index contributed by atoms with van der Waals surface area (Å²) in [6.07, 6.45) is 3.79. The fourth-order valence-corrected chi connectivity index (χ4v) is 4.16. The number of carbonyl (C=O) groups excluding carboxylic acids is 3. The van der Waals surface area contributed by atoms with Crippen LogP contribution in [0.15, 0.2) is 79.4 Å². The SMILES string of the molecule is CC(C)(C)OC(=O)Nc1cc(OC(C)(C)C)c(-c2ccc(F)cc2)cc1NC(=O)CC(=O)c1cccc(-n2ccnc2)c1. The number of rotatable bonds is 8. The van der Waals surface area contributed by atoms with Crippen LogP contribution in [0.1, 0.15) is 58.3 Å². The van der Waals surface area contributed by atoms with Crippen molar-refractivity contribution in [3.8, 4) is 22.6 Å². The predicted molar refractivity (Wildman–Crippen MR) is 163 cm³/mol. The summed E-state index contributed by atoms with van der Waals surface area (Å²) in [5, 5.41) is 5.44. The molecule has 4 rings (SSSR count). The van der Waals surface area contributed by atoms with Gasteiger partial charge in [0.05, 0.1) is 24.1 Å². The summed E-state index contributed by atoms with van der Waals surface area (Å²) < 4.78 is 27.1. The van der Waals surface area contributed by atoms with Crippen molar-refractivity contribution in [1.29, 1.82) is 0 Å². The van der Waals surface area contributed by atoms with Crippen molar-refractivity contribution in [3.05, 3.63) is 90.8 Å². The smallest absolute Gasteiger partial charge is 0.412 e. The molecule has 0 fully saturated rings. The molecule has 10 heteroatoms. The Bertz CT molecular complexity index is 1620. The molecule has 0 saturated heterocycles. The van der Waals surface area contributed by atoms with E-state index in [4.69, 9.17) is 9.47 Å². The molecule has 0 aliphatic carbocycles. The van der Waals surface area contributed by atoms with E-state index in [1.807, 2.05) is 26.8 Å². The van der Waals surface area contributed by atoms with E-state index in [9.17, 15) is 18.8 Å². The lowest BCUT2D eigenvalue weighted by Crippen LogP contribution is -2.28. The van der Waals surface area contributed by atoms with Gasteiger partial charge >= 0.3 is 6.09 Å².